The number of aryl methyl sites for hydroxylation is 1. The maximum absolute atomic E-state index is 11.5. The lowest BCUT2D eigenvalue weighted by Gasteiger charge is -2.09. The molecular formula is C15H14O2. The highest BCUT2D eigenvalue weighted by Gasteiger charge is 2.08. The predicted molar refractivity (Wildman–Crippen MR) is 69.1 cm³/mol. The zero-order valence-electron chi connectivity index (χ0n) is 9.94. The minimum Gasteiger partial charge on any atom is -0.422 e. The van der Waals surface area contributed by atoms with Gasteiger partial charge in [0.1, 0.15) is 5.75 Å². The second-order valence-corrected chi connectivity index (χ2v) is 3.85. The lowest BCUT2D eigenvalue weighted by atomic mass is 10.1. The molecule has 0 aromatic heterocycles. The number of allylic oxidation sites excluding steroid dienone is 1. The molecule has 0 aliphatic carbocycles. The van der Waals surface area contributed by atoms with Gasteiger partial charge in [0.2, 0.25) is 0 Å². The smallest absolute Gasteiger partial charge is 0.335 e. The van der Waals surface area contributed by atoms with Crippen LogP contribution in [0.2, 0.25) is 0 Å². The zero-order chi connectivity index (χ0) is 12.3. The first kappa shape index (κ1) is 11.4. The monoisotopic (exact) mass is 226 g/mol. The molecular weight excluding hydrogens is 212 g/mol. The van der Waals surface area contributed by atoms with Crippen molar-refractivity contribution < 1.29 is 9.53 Å². The van der Waals surface area contributed by atoms with Gasteiger partial charge in [0.15, 0.2) is 0 Å². The molecule has 0 N–H and O–H groups in total. The number of benzene rings is 2. The molecule has 86 valence electrons. The summed E-state index contributed by atoms with van der Waals surface area (Å²) < 4.78 is 5.37. The zero-order valence-corrected chi connectivity index (χ0v) is 9.94. The van der Waals surface area contributed by atoms with E-state index in [-0.39, 0.29) is 5.97 Å². The van der Waals surface area contributed by atoms with E-state index in [4.69, 9.17) is 4.74 Å². The average molecular weight is 226 g/mol. The summed E-state index contributed by atoms with van der Waals surface area (Å²) in [6.45, 7) is 3.72. The number of hydrogen-bond donors (Lipinski definition) is 0. The standard InChI is InChI=1S/C15H14O2/c1-3-6-14(16)17-15-11(2)9-10-12-7-4-5-8-13(12)15/h3-10H,1-2H3/b6-3+. The SMILES string of the molecule is C/C=C/C(=O)Oc1c(C)ccc2ccccc12. The Morgan fingerprint density at radius 1 is 1.18 bits per heavy atom. The Morgan fingerprint density at radius 2 is 1.94 bits per heavy atom. The Morgan fingerprint density at radius 3 is 2.71 bits per heavy atom. The first-order valence-corrected chi connectivity index (χ1v) is 5.55. The fourth-order valence-electron chi connectivity index (χ4n) is 1.76. The molecule has 0 unspecified atom stereocenters. The molecule has 0 atom stereocenters. The second kappa shape index (κ2) is 4.83. The van der Waals surface area contributed by atoms with Crippen LogP contribution < -0.4 is 4.74 Å². The molecule has 0 aliphatic heterocycles. The molecule has 0 radical (unpaired) electrons. The summed E-state index contributed by atoms with van der Waals surface area (Å²) in [5.74, 6) is 0.304. The maximum Gasteiger partial charge on any atom is 0.335 e. The summed E-state index contributed by atoms with van der Waals surface area (Å²) in [5, 5.41) is 2.03. The van der Waals surface area contributed by atoms with Gasteiger partial charge in [-0.3, -0.25) is 0 Å². The molecule has 2 heteroatoms. The van der Waals surface area contributed by atoms with Gasteiger partial charge in [-0.25, -0.2) is 4.79 Å². The number of carbonyl (C=O) groups is 1. The van der Waals surface area contributed by atoms with E-state index in [1.165, 1.54) is 6.08 Å². The highest BCUT2D eigenvalue weighted by molar-refractivity contribution is 5.93. The van der Waals surface area contributed by atoms with E-state index in [0.29, 0.717) is 5.75 Å². The Labute approximate surface area is 101 Å². The van der Waals surface area contributed by atoms with Crippen LogP contribution in [0.1, 0.15) is 12.5 Å². The fraction of sp³-hybridized carbons (Fsp3) is 0.133. The van der Waals surface area contributed by atoms with Gasteiger partial charge < -0.3 is 4.74 Å². The number of carbonyl (C=O) groups excluding carboxylic acids is 1. The highest BCUT2D eigenvalue weighted by Crippen LogP contribution is 2.29. The van der Waals surface area contributed by atoms with Crippen LogP contribution in [0.4, 0.5) is 0 Å². The third-order valence-electron chi connectivity index (χ3n) is 2.58. The Balaban J connectivity index is 2.51. The summed E-state index contributed by atoms with van der Waals surface area (Å²) in [6.07, 6.45) is 3.09. The van der Waals surface area contributed by atoms with Crippen LogP contribution >= 0.6 is 0 Å². The molecule has 0 saturated carbocycles. The van der Waals surface area contributed by atoms with Crippen LogP contribution in [0.15, 0.2) is 48.6 Å². The lowest BCUT2D eigenvalue weighted by Crippen LogP contribution is -2.05. The normalized spacial score (nSPS) is 10.9. The van der Waals surface area contributed by atoms with Crippen LogP contribution in [-0.2, 0) is 4.79 Å². The predicted octanol–water partition coefficient (Wildman–Crippen LogP) is 3.63. The van der Waals surface area contributed by atoms with Crippen molar-refractivity contribution >= 4 is 16.7 Å². The van der Waals surface area contributed by atoms with Crippen molar-refractivity contribution in [1.29, 1.82) is 0 Å². The Bertz CT molecular complexity index is 582. The van der Waals surface area contributed by atoms with E-state index in [2.05, 4.69) is 0 Å². The van der Waals surface area contributed by atoms with Gasteiger partial charge >= 0.3 is 5.97 Å². The Hall–Kier alpha value is -2.09. The summed E-state index contributed by atoms with van der Waals surface area (Å²) in [7, 11) is 0. The van der Waals surface area contributed by atoms with Crippen molar-refractivity contribution in [3.8, 4) is 5.75 Å². The number of rotatable bonds is 2. The van der Waals surface area contributed by atoms with Crippen molar-refractivity contribution in [3.05, 3.63) is 54.1 Å². The first-order valence-electron chi connectivity index (χ1n) is 5.55. The van der Waals surface area contributed by atoms with E-state index in [1.807, 2.05) is 43.3 Å². The van der Waals surface area contributed by atoms with Gasteiger partial charge in [0, 0.05) is 11.5 Å². The van der Waals surface area contributed by atoms with Crippen molar-refractivity contribution in [2.45, 2.75) is 13.8 Å². The minimum atomic E-state index is -0.341. The van der Waals surface area contributed by atoms with Crippen LogP contribution in [0, 0.1) is 6.92 Å². The van der Waals surface area contributed by atoms with Gasteiger partial charge in [0.05, 0.1) is 0 Å². The maximum atomic E-state index is 11.5. The molecule has 0 amide bonds. The number of fused-ring (bicyclic) bond motifs is 1. The van der Waals surface area contributed by atoms with E-state index in [0.717, 1.165) is 16.3 Å². The molecule has 0 heterocycles. The van der Waals surface area contributed by atoms with Crippen LogP contribution in [-0.4, -0.2) is 5.97 Å². The third-order valence-corrected chi connectivity index (χ3v) is 2.58. The molecule has 0 spiro atoms. The van der Waals surface area contributed by atoms with Crippen molar-refractivity contribution in [2.75, 3.05) is 0 Å². The second-order valence-electron chi connectivity index (χ2n) is 3.85. The number of esters is 1. The van der Waals surface area contributed by atoms with Gasteiger partial charge in [-0.1, -0.05) is 42.5 Å². The topological polar surface area (TPSA) is 26.3 Å². The number of hydrogen-bond acceptors (Lipinski definition) is 2. The molecule has 17 heavy (non-hydrogen) atoms. The first-order chi connectivity index (χ1) is 8.22. The average Bonchev–Trinajstić information content (AvgIpc) is 2.33. The van der Waals surface area contributed by atoms with Crippen molar-refractivity contribution in [1.82, 2.24) is 0 Å². The fourth-order valence-corrected chi connectivity index (χ4v) is 1.76. The molecule has 0 aliphatic rings. The number of ether oxygens (including phenoxy) is 1. The largest absolute Gasteiger partial charge is 0.422 e. The van der Waals surface area contributed by atoms with Crippen LogP contribution in [0.25, 0.3) is 10.8 Å². The van der Waals surface area contributed by atoms with E-state index in [1.54, 1.807) is 13.0 Å². The Kier molecular flexibility index (Phi) is 3.24. The molecule has 0 saturated heterocycles. The highest BCUT2D eigenvalue weighted by atomic mass is 16.5. The summed E-state index contributed by atoms with van der Waals surface area (Å²) >= 11 is 0. The molecule has 2 rings (SSSR count). The quantitative estimate of drug-likeness (QED) is 0.444. The van der Waals surface area contributed by atoms with Gasteiger partial charge in [-0.05, 0) is 24.8 Å². The summed E-state index contributed by atoms with van der Waals surface area (Å²) in [4.78, 5) is 11.5. The lowest BCUT2D eigenvalue weighted by molar-refractivity contribution is -0.128. The van der Waals surface area contributed by atoms with E-state index < -0.39 is 0 Å². The van der Waals surface area contributed by atoms with Gasteiger partial charge in [0.25, 0.3) is 0 Å². The minimum absolute atomic E-state index is 0.341. The van der Waals surface area contributed by atoms with Gasteiger partial charge in [-0.15, -0.1) is 0 Å². The van der Waals surface area contributed by atoms with Crippen LogP contribution in [0.5, 0.6) is 5.75 Å². The molecule has 2 aromatic rings. The van der Waals surface area contributed by atoms with Gasteiger partial charge in [-0.2, -0.15) is 0 Å². The molecule has 0 fully saturated rings. The molecule has 0 bridgehead atoms. The van der Waals surface area contributed by atoms with E-state index in [9.17, 15) is 4.79 Å². The molecule has 2 nitrogen and oxygen atoms in total. The summed E-state index contributed by atoms with van der Waals surface area (Å²) in [6, 6.07) is 11.9. The van der Waals surface area contributed by atoms with Crippen LogP contribution in [0.3, 0.4) is 0 Å². The van der Waals surface area contributed by atoms with Crippen molar-refractivity contribution in [2.24, 2.45) is 0 Å². The summed E-state index contributed by atoms with van der Waals surface area (Å²) in [5.41, 5.74) is 0.960. The third kappa shape index (κ3) is 2.36. The molecule has 2 aromatic carbocycles. The van der Waals surface area contributed by atoms with E-state index >= 15 is 0 Å². The van der Waals surface area contributed by atoms with Crippen molar-refractivity contribution in [3.63, 3.8) is 0 Å².